The molecule has 0 unspecified atom stereocenters. The molecule has 3 rings (SSSR count). The van der Waals surface area contributed by atoms with Crippen molar-refractivity contribution in [2.24, 2.45) is 0 Å². The third-order valence-corrected chi connectivity index (χ3v) is 6.36. The van der Waals surface area contributed by atoms with Gasteiger partial charge >= 0.3 is 0 Å². The van der Waals surface area contributed by atoms with Crippen LogP contribution in [-0.2, 0) is 14.8 Å². The first-order valence-corrected chi connectivity index (χ1v) is 10.6. The fraction of sp³-hybridized carbons (Fsp3) is 0.222. The van der Waals surface area contributed by atoms with Crippen molar-refractivity contribution in [1.29, 1.82) is 0 Å². The summed E-state index contributed by atoms with van der Waals surface area (Å²) in [4.78, 5) is 15.5. The summed E-state index contributed by atoms with van der Waals surface area (Å²) in [5.74, 6) is -0.200. The predicted octanol–water partition coefficient (Wildman–Crippen LogP) is 1.55. The quantitative estimate of drug-likeness (QED) is 0.458. The molecule has 0 radical (unpaired) electrons. The Kier molecular flexibility index (Phi) is 6.06. The Hall–Kier alpha value is -2.37. The Balaban J connectivity index is 1.94. The number of hydrogen-bond donors (Lipinski definition) is 4. The van der Waals surface area contributed by atoms with Gasteiger partial charge in [0, 0.05) is 6.92 Å². The van der Waals surface area contributed by atoms with Gasteiger partial charge in [0.15, 0.2) is 5.13 Å². The number of rotatable bonds is 7. The van der Waals surface area contributed by atoms with Crippen LogP contribution in [0.1, 0.15) is 6.92 Å². The number of aliphatic hydroxyl groups excluding tert-OH is 2. The van der Waals surface area contributed by atoms with E-state index in [4.69, 9.17) is 10.2 Å². The van der Waals surface area contributed by atoms with E-state index in [0.717, 1.165) is 15.8 Å². The van der Waals surface area contributed by atoms with Crippen LogP contribution in [0.3, 0.4) is 0 Å². The van der Waals surface area contributed by atoms with E-state index in [1.165, 1.54) is 30.4 Å². The zero-order valence-corrected chi connectivity index (χ0v) is 16.5. The molecule has 28 heavy (non-hydrogen) atoms. The Morgan fingerprint density at radius 1 is 1.14 bits per heavy atom. The summed E-state index contributed by atoms with van der Waals surface area (Å²) in [6, 6.07) is 10.9. The summed E-state index contributed by atoms with van der Waals surface area (Å²) in [6.45, 7) is 0.401. The number of carbonyl (C=O) groups excluding carboxylic acids is 1. The molecule has 0 aliphatic carbocycles. The molecule has 0 aliphatic rings. The summed E-state index contributed by atoms with van der Waals surface area (Å²) in [5, 5.41) is 21.4. The number of amides is 1. The largest absolute Gasteiger partial charge is 0.395 e. The van der Waals surface area contributed by atoms with Crippen molar-refractivity contribution >= 4 is 42.6 Å². The van der Waals surface area contributed by atoms with Crippen molar-refractivity contribution in [3.63, 3.8) is 0 Å². The van der Waals surface area contributed by atoms with Crippen molar-refractivity contribution in [2.75, 3.05) is 18.5 Å². The molecule has 8 nitrogen and oxygen atoms in total. The van der Waals surface area contributed by atoms with Crippen LogP contribution in [0, 0.1) is 0 Å². The zero-order valence-electron chi connectivity index (χ0n) is 14.9. The highest BCUT2D eigenvalue weighted by Gasteiger charge is 2.19. The number of fused-ring (bicyclic) bond motifs is 1. The monoisotopic (exact) mass is 421 g/mol. The highest BCUT2D eigenvalue weighted by atomic mass is 32.2. The average molecular weight is 422 g/mol. The van der Waals surface area contributed by atoms with E-state index < -0.39 is 29.3 Å². The highest BCUT2D eigenvalue weighted by molar-refractivity contribution is 7.89. The standard InChI is InChI=1S/C18H19N3O5S2/c1-11(24)19-18-20-16-6-5-13(8-17(16)27-18)12-3-2-4-15(7-12)28(25,26)21-14(9-22)10-23/h2-8,14,21-23H,9-10H2,1H3,(H,19,20,24). The summed E-state index contributed by atoms with van der Waals surface area (Å²) < 4.78 is 28.1. The van der Waals surface area contributed by atoms with Gasteiger partial charge in [-0.25, -0.2) is 18.1 Å². The van der Waals surface area contributed by atoms with Crippen LogP contribution in [-0.4, -0.2) is 48.8 Å². The number of nitrogens with one attached hydrogen (secondary N) is 2. The lowest BCUT2D eigenvalue weighted by atomic mass is 10.1. The van der Waals surface area contributed by atoms with Gasteiger partial charge in [0.1, 0.15) is 0 Å². The molecule has 1 aromatic heterocycles. The average Bonchev–Trinajstić information content (AvgIpc) is 3.06. The van der Waals surface area contributed by atoms with E-state index in [2.05, 4.69) is 15.0 Å². The van der Waals surface area contributed by atoms with Crippen LogP contribution in [0.25, 0.3) is 21.3 Å². The number of thiazole rings is 1. The molecular formula is C18H19N3O5S2. The maximum Gasteiger partial charge on any atom is 0.240 e. The molecule has 0 aliphatic heterocycles. The molecule has 0 bridgehead atoms. The van der Waals surface area contributed by atoms with E-state index in [1.54, 1.807) is 18.2 Å². The number of sulfonamides is 1. The molecule has 148 valence electrons. The van der Waals surface area contributed by atoms with E-state index in [9.17, 15) is 13.2 Å². The van der Waals surface area contributed by atoms with E-state index in [1.807, 2.05) is 12.1 Å². The second-order valence-electron chi connectivity index (χ2n) is 6.09. The first-order valence-electron chi connectivity index (χ1n) is 8.35. The van der Waals surface area contributed by atoms with E-state index >= 15 is 0 Å². The first kappa shape index (κ1) is 20.4. The van der Waals surface area contributed by atoms with Gasteiger partial charge in [-0.05, 0) is 35.4 Å². The predicted molar refractivity (Wildman–Crippen MR) is 108 cm³/mol. The van der Waals surface area contributed by atoms with Gasteiger partial charge < -0.3 is 15.5 Å². The number of carbonyl (C=O) groups is 1. The Bertz CT molecular complexity index is 1110. The lowest BCUT2D eigenvalue weighted by Crippen LogP contribution is -2.39. The van der Waals surface area contributed by atoms with Gasteiger partial charge in [0.05, 0.1) is 34.4 Å². The fourth-order valence-electron chi connectivity index (χ4n) is 2.57. The molecule has 0 fully saturated rings. The van der Waals surface area contributed by atoms with Gasteiger partial charge in [-0.3, -0.25) is 4.79 Å². The third-order valence-electron chi connectivity index (χ3n) is 3.91. The van der Waals surface area contributed by atoms with Crippen molar-refractivity contribution < 1.29 is 23.4 Å². The van der Waals surface area contributed by atoms with Gasteiger partial charge in [-0.15, -0.1) is 0 Å². The second-order valence-corrected chi connectivity index (χ2v) is 8.84. The molecular weight excluding hydrogens is 402 g/mol. The van der Waals surface area contributed by atoms with Crippen LogP contribution < -0.4 is 10.0 Å². The number of anilines is 1. The molecule has 4 N–H and O–H groups in total. The van der Waals surface area contributed by atoms with Crippen LogP contribution in [0.2, 0.25) is 0 Å². The fourth-order valence-corrected chi connectivity index (χ4v) is 4.79. The molecule has 1 amide bonds. The van der Waals surface area contributed by atoms with Crippen LogP contribution in [0.15, 0.2) is 47.4 Å². The third kappa shape index (κ3) is 4.54. The molecule has 10 heteroatoms. The number of aliphatic hydroxyl groups is 2. The second kappa shape index (κ2) is 8.33. The number of nitrogens with zero attached hydrogens (tertiary/aromatic N) is 1. The number of aromatic nitrogens is 1. The van der Waals surface area contributed by atoms with Crippen molar-refractivity contribution in [3.8, 4) is 11.1 Å². The van der Waals surface area contributed by atoms with Gasteiger partial charge in [0.2, 0.25) is 15.9 Å². The lowest BCUT2D eigenvalue weighted by molar-refractivity contribution is -0.114. The van der Waals surface area contributed by atoms with Gasteiger partial charge in [-0.2, -0.15) is 0 Å². The van der Waals surface area contributed by atoms with Crippen molar-refractivity contribution in [2.45, 2.75) is 17.9 Å². The van der Waals surface area contributed by atoms with Crippen LogP contribution >= 0.6 is 11.3 Å². The molecule has 3 aromatic rings. The topological polar surface area (TPSA) is 129 Å². The number of benzene rings is 2. The Morgan fingerprint density at radius 3 is 2.54 bits per heavy atom. The molecule has 0 spiro atoms. The Labute approximate surface area is 165 Å². The maximum absolute atomic E-state index is 12.5. The highest BCUT2D eigenvalue weighted by Crippen LogP contribution is 2.31. The van der Waals surface area contributed by atoms with E-state index in [-0.39, 0.29) is 10.8 Å². The smallest absolute Gasteiger partial charge is 0.240 e. The summed E-state index contributed by atoms with van der Waals surface area (Å²) >= 11 is 1.33. The minimum Gasteiger partial charge on any atom is -0.395 e. The first-order chi connectivity index (χ1) is 13.3. The summed E-state index contributed by atoms with van der Waals surface area (Å²) in [7, 11) is -3.89. The van der Waals surface area contributed by atoms with Gasteiger partial charge in [0.25, 0.3) is 0 Å². The minimum absolute atomic E-state index is 0.0280. The van der Waals surface area contributed by atoms with Crippen molar-refractivity contribution in [3.05, 3.63) is 42.5 Å². The SMILES string of the molecule is CC(=O)Nc1nc2ccc(-c3cccc(S(=O)(=O)NC(CO)CO)c3)cc2s1. The molecule has 0 atom stereocenters. The van der Waals surface area contributed by atoms with Crippen molar-refractivity contribution in [1.82, 2.24) is 9.71 Å². The summed E-state index contributed by atoms with van der Waals surface area (Å²) in [5.41, 5.74) is 2.21. The van der Waals surface area contributed by atoms with Gasteiger partial charge in [-0.1, -0.05) is 29.5 Å². The zero-order chi connectivity index (χ0) is 20.3. The molecule has 0 saturated heterocycles. The minimum atomic E-state index is -3.89. The lowest BCUT2D eigenvalue weighted by Gasteiger charge is -2.14. The van der Waals surface area contributed by atoms with Crippen LogP contribution in [0.4, 0.5) is 5.13 Å². The molecule has 2 aromatic carbocycles. The van der Waals surface area contributed by atoms with E-state index in [0.29, 0.717) is 10.7 Å². The summed E-state index contributed by atoms with van der Waals surface area (Å²) in [6.07, 6.45) is 0. The molecule has 1 heterocycles. The Morgan fingerprint density at radius 2 is 1.86 bits per heavy atom. The van der Waals surface area contributed by atoms with Crippen LogP contribution in [0.5, 0.6) is 0 Å². The molecule has 0 saturated carbocycles. The normalized spacial score (nSPS) is 11.9. The number of hydrogen-bond acceptors (Lipinski definition) is 7. The maximum atomic E-state index is 12.5.